The number of hydrogen-bond acceptors (Lipinski definition) is 2. The van der Waals surface area contributed by atoms with Crippen LogP contribution in [0.4, 0.5) is 0 Å². The van der Waals surface area contributed by atoms with Gasteiger partial charge in [-0.3, -0.25) is 0 Å². The minimum Gasteiger partial charge on any atom is -0.396 e. The maximum Gasteiger partial charge on any atom is 0.0471 e. The van der Waals surface area contributed by atoms with E-state index in [1.165, 1.54) is 21.8 Å². The Bertz CT molecular complexity index is 309. The lowest BCUT2D eigenvalue weighted by Gasteiger charge is -2.09. The molecular formula is C11H14OS. The Balaban J connectivity index is 2.41. The third kappa shape index (κ3) is 1.61. The van der Waals surface area contributed by atoms with Crippen LogP contribution in [0.15, 0.2) is 23.1 Å². The summed E-state index contributed by atoms with van der Waals surface area (Å²) in [5.74, 6) is 1.85. The van der Waals surface area contributed by atoms with Gasteiger partial charge in [-0.05, 0) is 29.5 Å². The second-order valence-electron chi connectivity index (χ2n) is 3.51. The van der Waals surface area contributed by atoms with Crippen LogP contribution in [0.5, 0.6) is 0 Å². The monoisotopic (exact) mass is 194 g/mol. The summed E-state index contributed by atoms with van der Waals surface area (Å²) in [5.41, 5.74) is 2.80. The molecule has 0 spiro atoms. The molecule has 13 heavy (non-hydrogen) atoms. The van der Waals surface area contributed by atoms with Gasteiger partial charge in [-0.1, -0.05) is 19.1 Å². The maximum atomic E-state index is 8.93. The van der Waals surface area contributed by atoms with Crippen LogP contribution >= 0.6 is 11.8 Å². The van der Waals surface area contributed by atoms with E-state index in [9.17, 15) is 0 Å². The highest BCUT2D eigenvalue weighted by atomic mass is 32.2. The summed E-state index contributed by atoms with van der Waals surface area (Å²) in [6.07, 6.45) is 0.800. The first-order valence-electron chi connectivity index (χ1n) is 4.68. The molecule has 1 unspecified atom stereocenters. The van der Waals surface area contributed by atoms with E-state index >= 15 is 0 Å². The van der Waals surface area contributed by atoms with Crippen molar-refractivity contribution in [3.05, 3.63) is 29.3 Å². The quantitative estimate of drug-likeness (QED) is 0.780. The lowest BCUT2D eigenvalue weighted by atomic mass is 9.96. The van der Waals surface area contributed by atoms with Crippen LogP contribution in [-0.4, -0.2) is 17.5 Å². The van der Waals surface area contributed by atoms with Gasteiger partial charge >= 0.3 is 0 Å². The minimum absolute atomic E-state index is 0.258. The van der Waals surface area contributed by atoms with E-state index in [0.717, 1.165) is 6.42 Å². The fourth-order valence-electron chi connectivity index (χ4n) is 1.91. The summed E-state index contributed by atoms with van der Waals surface area (Å²) in [7, 11) is 0. The number of benzene rings is 1. The van der Waals surface area contributed by atoms with Gasteiger partial charge in [0, 0.05) is 17.3 Å². The molecule has 0 bridgehead atoms. The summed E-state index contributed by atoms with van der Waals surface area (Å²) in [6.45, 7) is 2.52. The summed E-state index contributed by atoms with van der Waals surface area (Å²) < 4.78 is 0. The van der Waals surface area contributed by atoms with Crippen molar-refractivity contribution in [2.75, 3.05) is 12.4 Å². The first-order valence-corrected chi connectivity index (χ1v) is 5.67. The van der Waals surface area contributed by atoms with E-state index in [-0.39, 0.29) is 6.61 Å². The molecule has 2 heteroatoms. The molecule has 0 amide bonds. The molecule has 1 atom stereocenters. The maximum absolute atomic E-state index is 8.93. The zero-order valence-electron chi connectivity index (χ0n) is 7.79. The second kappa shape index (κ2) is 3.72. The topological polar surface area (TPSA) is 20.2 Å². The normalized spacial score (nSPS) is 20.3. The average Bonchev–Trinajstić information content (AvgIpc) is 2.50. The van der Waals surface area contributed by atoms with E-state index in [0.29, 0.717) is 5.92 Å². The lowest BCUT2D eigenvalue weighted by Crippen LogP contribution is -1.99. The molecule has 0 aliphatic carbocycles. The van der Waals surface area contributed by atoms with Crippen LogP contribution in [0.2, 0.25) is 0 Å². The van der Waals surface area contributed by atoms with E-state index in [2.05, 4.69) is 25.1 Å². The van der Waals surface area contributed by atoms with E-state index in [4.69, 9.17) is 5.11 Å². The Morgan fingerprint density at radius 2 is 2.38 bits per heavy atom. The molecule has 1 nitrogen and oxygen atoms in total. The SMILES string of the molecule is CC1CSc2cccc(CCO)c21. The van der Waals surface area contributed by atoms with Crippen molar-refractivity contribution < 1.29 is 5.11 Å². The molecule has 1 aromatic carbocycles. The summed E-state index contributed by atoms with van der Waals surface area (Å²) >= 11 is 1.93. The highest BCUT2D eigenvalue weighted by Crippen LogP contribution is 2.41. The van der Waals surface area contributed by atoms with Crippen LogP contribution in [-0.2, 0) is 6.42 Å². The van der Waals surface area contributed by atoms with Gasteiger partial charge in [0.15, 0.2) is 0 Å². The second-order valence-corrected chi connectivity index (χ2v) is 4.58. The van der Waals surface area contributed by atoms with Crippen molar-refractivity contribution in [3.8, 4) is 0 Å². The van der Waals surface area contributed by atoms with Crippen LogP contribution < -0.4 is 0 Å². The van der Waals surface area contributed by atoms with Gasteiger partial charge in [0.25, 0.3) is 0 Å². The van der Waals surface area contributed by atoms with Gasteiger partial charge in [-0.2, -0.15) is 0 Å². The van der Waals surface area contributed by atoms with Gasteiger partial charge in [0.1, 0.15) is 0 Å². The molecule has 1 heterocycles. The molecular weight excluding hydrogens is 180 g/mol. The standard InChI is InChI=1S/C11H14OS/c1-8-7-13-10-4-2-3-9(5-6-12)11(8)10/h2-4,8,12H,5-7H2,1H3. The third-order valence-corrected chi connectivity index (χ3v) is 3.85. The number of fused-ring (bicyclic) bond motifs is 1. The summed E-state index contributed by atoms with van der Waals surface area (Å²) in [6, 6.07) is 6.41. The first-order chi connectivity index (χ1) is 6.33. The smallest absolute Gasteiger partial charge is 0.0471 e. The fourth-order valence-corrected chi connectivity index (χ4v) is 3.17. The number of thioether (sulfide) groups is 1. The van der Waals surface area contributed by atoms with Crippen molar-refractivity contribution in [3.63, 3.8) is 0 Å². The molecule has 2 rings (SSSR count). The Morgan fingerprint density at radius 1 is 1.54 bits per heavy atom. The van der Waals surface area contributed by atoms with E-state index in [1.807, 2.05) is 11.8 Å². The van der Waals surface area contributed by atoms with Crippen molar-refractivity contribution >= 4 is 11.8 Å². The number of aliphatic hydroxyl groups excluding tert-OH is 1. The van der Waals surface area contributed by atoms with Gasteiger partial charge in [-0.25, -0.2) is 0 Å². The molecule has 1 N–H and O–H groups in total. The molecule has 0 fully saturated rings. The van der Waals surface area contributed by atoms with Crippen LogP contribution in [0, 0.1) is 0 Å². The number of aliphatic hydroxyl groups is 1. The van der Waals surface area contributed by atoms with Crippen molar-refractivity contribution in [2.45, 2.75) is 24.2 Å². The van der Waals surface area contributed by atoms with Crippen LogP contribution in [0.3, 0.4) is 0 Å². The first kappa shape index (κ1) is 9.10. The van der Waals surface area contributed by atoms with Crippen molar-refractivity contribution in [1.29, 1.82) is 0 Å². The fraction of sp³-hybridized carbons (Fsp3) is 0.455. The molecule has 70 valence electrons. The molecule has 1 aliphatic rings. The van der Waals surface area contributed by atoms with Gasteiger partial charge < -0.3 is 5.11 Å². The van der Waals surface area contributed by atoms with Gasteiger partial charge in [-0.15, -0.1) is 11.8 Å². The Hall–Kier alpha value is -0.470. The average molecular weight is 194 g/mol. The molecule has 0 aromatic heterocycles. The third-order valence-electron chi connectivity index (χ3n) is 2.52. The highest BCUT2D eigenvalue weighted by Gasteiger charge is 2.21. The largest absolute Gasteiger partial charge is 0.396 e. The number of hydrogen-bond donors (Lipinski definition) is 1. The Kier molecular flexibility index (Phi) is 2.61. The Morgan fingerprint density at radius 3 is 3.15 bits per heavy atom. The summed E-state index contributed by atoms with van der Waals surface area (Å²) in [5, 5.41) is 8.93. The van der Waals surface area contributed by atoms with Gasteiger partial charge in [0.2, 0.25) is 0 Å². The van der Waals surface area contributed by atoms with Crippen molar-refractivity contribution in [1.82, 2.24) is 0 Å². The number of rotatable bonds is 2. The summed E-state index contributed by atoms with van der Waals surface area (Å²) in [4.78, 5) is 1.42. The molecule has 0 saturated heterocycles. The molecule has 0 saturated carbocycles. The van der Waals surface area contributed by atoms with Crippen molar-refractivity contribution in [2.24, 2.45) is 0 Å². The lowest BCUT2D eigenvalue weighted by molar-refractivity contribution is 0.299. The highest BCUT2D eigenvalue weighted by molar-refractivity contribution is 7.99. The van der Waals surface area contributed by atoms with Crippen LogP contribution in [0.25, 0.3) is 0 Å². The van der Waals surface area contributed by atoms with E-state index < -0.39 is 0 Å². The predicted molar refractivity (Wildman–Crippen MR) is 56.4 cm³/mol. The van der Waals surface area contributed by atoms with Gasteiger partial charge in [0.05, 0.1) is 0 Å². The molecule has 1 aromatic rings. The molecule has 1 aliphatic heterocycles. The predicted octanol–water partition coefficient (Wildman–Crippen LogP) is 2.43. The van der Waals surface area contributed by atoms with E-state index in [1.54, 1.807) is 0 Å². The Labute approximate surface area is 83.2 Å². The molecule has 0 radical (unpaired) electrons. The zero-order valence-corrected chi connectivity index (χ0v) is 8.60. The minimum atomic E-state index is 0.258. The zero-order chi connectivity index (χ0) is 9.26. The van der Waals surface area contributed by atoms with Crippen LogP contribution in [0.1, 0.15) is 24.0 Å².